The second kappa shape index (κ2) is 8.78. The molecule has 33 heavy (non-hydrogen) atoms. The van der Waals surface area contributed by atoms with Gasteiger partial charge in [0.2, 0.25) is 0 Å². The minimum absolute atomic E-state index is 0.176. The molecule has 4 atom stereocenters. The molecule has 0 amide bonds. The van der Waals surface area contributed by atoms with Crippen molar-refractivity contribution in [3.8, 4) is 5.75 Å². The van der Waals surface area contributed by atoms with E-state index in [1.165, 1.54) is 21.0 Å². The molecule has 172 valence electrons. The van der Waals surface area contributed by atoms with Crippen molar-refractivity contribution >= 4 is 23.5 Å². The maximum Gasteiger partial charge on any atom is 0.303 e. The molecule has 0 bridgehead atoms. The number of esters is 2. The summed E-state index contributed by atoms with van der Waals surface area (Å²) in [5, 5.41) is 0. The van der Waals surface area contributed by atoms with Crippen LogP contribution in [-0.2, 0) is 23.8 Å². The summed E-state index contributed by atoms with van der Waals surface area (Å²) in [6.45, 7) is 4.27. The highest BCUT2D eigenvalue weighted by Crippen LogP contribution is 2.43. The molecular weight excluding hydrogens is 428 g/mol. The lowest BCUT2D eigenvalue weighted by Gasteiger charge is -2.39. The van der Waals surface area contributed by atoms with Gasteiger partial charge in [-0.1, -0.05) is 30.3 Å². The number of ether oxygens (including phenoxy) is 4. The van der Waals surface area contributed by atoms with Gasteiger partial charge in [0, 0.05) is 42.5 Å². The van der Waals surface area contributed by atoms with Crippen molar-refractivity contribution in [1.29, 1.82) is 0 Å². The van der Waals surface area contributed by atoms with Crippen molar-refractivity contribution in [2.45, 2.75) is 51.6 Å². The fraction of sp³-hybridized carbons (Fsp3) is 0.360. The Hall–Kier alpha value is -3.52. The third-order valence-electron chi connectivity index (χ3n) is 5.90. The van der Waals surface area contributed by atoms with Gasteiger partial charge >= 0.3 is 11.9 Å². The van der Waals surface area contributed by atoms with Crippen LogP contribution in [0.4, 0.5) is 0 Å². The van der Waals surface area contributed by atoms with E-state index in [9.17, 15) is 19.2 Å². The molecule has 0 N–H and O–H groups in total. The molecule has 1 aliphatic heterocycles. The Morgan fingerprint density at radius 2 is 1.55 bits per heavy atom. The summed E-state index contributed by atoms with van der Waals surface area (Å²) in [5.41, 5.74) is 1.66. The van der Waals surface area contributed by atoms with E-state index in [0.29, 0.717) is 16.7 Å². The molecular formula is C25H24O8. The average molecular weight is 452 g/mol. The second-order valence-electron chi connectivity index (χ2n) is 8.10. The minimum Gasteiger partial charge on any atom is -0.496 e. The molecule has 2 aliphatic rings. The highest BCUT2D eigenvalue weighted by atomic mass is 16.6. The van der Waals surface area contributed by atoms with Gasteiger partial charge in [0.05, 0.1) is 24.9 Å². The van der Waals surface area contributed by atoms with Crippen LogP contribution in [-0.4, -0.2) is 48.9 Å². The molecule has 2 aromatic rings. The van der Waals surface area contributed by atoms with Gasteiger partial charge in [-0.15, -0.1) is 0 Å². The Balaban J connectivity index is 1.76. The Morgan fingerprint density at radius 3 is 2.15 bits per heavy atom. The Kier molecular flexibility index (Phi) is 6.03. The molecule has 0 unspecified atom stereocenters. The SMILES string of the molecule is COc1c([C@@H]2C[C@H](OC(C)=O)[C@@H](OC(C)=O)[C@H](C)O2)ccc2c1C(=O)c1ccccc1C2=O. The van der Waals surface area contributed by atoms with Crippen LogP contribution in [0.5, 0.6) is 5.75 Å². The zero-order valence-corrected chi connectivity index (χ0v) is 18.7. The third-order valence-corrected chi connectivity index (χ3v) is 5.90. The maximum atomic E-state index is 13.3. The summed E-state index contributed by atoms with van der Waals surface area (Å²) in [6, 6.07) is 9.94. The first-order chi connectivity index (χ1) is 15.7. The summed E-state index contributed by atoms with van der Waals surface area (Å²) in [7, 11) is 1.43. The van der Waals surface area contributed by atoms with Gasteiger partial charge < -0.3 is 18.9 Å². The average Bonchev–Trinajstić information content (AvgIpc) is 2.78. The Labute approximate surface area is 190 Å². The molecule has 0 saturated carbocycles. The van der Waals surface area contributed by atoms with E-state index in [1.807, 2.05) is 0 Å². The van der Waals surface area contributed by atoms with Gasteiger partial charge in [0.25, 0.3) is 0 Å². The summed E-state index contributed by atoms with van der Waals surface area (Å²) in [4.78, 5) is 49.6. The van der Waals surface area contributed by atoms with Gasteiger partial charge in [-0.3, -0.25) is 19.2 Å². The van der Waals surface area contributed by atoms with Gasteiger partial charge in [-0.05, 0) is 13.0 Å². The summed E-state index contributed by atoms with van der Waals surface area (Å²) < 4.78 is 22.5. The smallest absolute Gasteiger partial charge is 0.303 e. The quantitative estimate of drug-likeness (QED) is 0.556. The largest absolute Gasteiger partial charge is 0.496 e. The Bertz CT molecular complexity index is 1150. The van der Waals surface area contributed by atoms with Crippen molar-refractivity contribution in [1.82, 2.24) is 0 Å². The predicted molar refractivity (Wildman–Crippen MR) is 115 cm³/mol. The first-order valence-corrected chi connectivity index (χ1v) is 10.6. The normalized spacial score (nSPS) is 23.9. The van der Waals surface area contributed by atoms with Crippen LogP contribution in [0.2, 0.25) is 0 Å². The molecule has 1 heterocycles. The number of rotatable bonds is 4. The summed E-state index contributed by atoms with van der Waals surface area (Å²) >= 11 is 0. The molecule has 8 heteroatoms. The van der Waals surface area contributed by atoms with E-state index in [1.54, 1.807) is 43.3 Å². The lowest BCUT2D eigenvalue weighted by atomic mass is 9.81. The number of hydrogen-bond acceptors (Lipinski definition) is 8. The first kappa shape index (κ1) is 22.7. The first-order valence-electron chi connectivity index (χ1n) is 10.6. The van der Waals surface area contributed by atoms with Crippen LogP contribution in [0.1, 0.15) is 70.7 Å². The van der Waals surface area contributed by atoms with Crippen LogP contribution < -0.4 is 4.74 Å². The second-order valence-corrected chi connectivity index (χ2v) is 8.10. The van der Waals surface area contributed by atoms with E-state index in [-0.39, 0.29) is 34.9 Å². The number of ketones is 2. The molecule has 4 rings (SSSR count). The van der Waals surface area contributed by atoms with Crippen molar-refractivity contribution in [3.63, 3.8) is 0 Å². The number of carbonyl (C=O) groups excluding carboxylic acids is 4. The molecule has 0 spiro atoms. The number of methoxy groups -OCH3 is 1. The van der Waals surface area contributed by atoms with E-state index < -0.39 is 36.4 Å². The van der Waals surface area contributed by atoms with Crippen LogP contribution in [0.3, 0.4) is 0 Å². The predicted octanol–water partition coefficient (Wildman–Crippen LogP) is 3.18. The lowest BCUT2D eigenvalue weighted by molar-refractivity contribution is -0.204. The van der Waals surface area contributed by atoms with E-state index in [2.05, 4.69) is 0 Å². The molecule has 1 fully saturated rings. The molecule has 2 aromatic carbocycles. The van der Waals surface area contributed by atoms with Gasteiger partial charge in [-0.25, -0.2) is 0 Å². The van der Waals surface area contributed by atoms with Crippen LogP contribution in [0, 0.1) is 0 Å². The third kappa shape index (κ3) is 4.02. The van der Waals surface area contributed by atoms with Crippen LogP contribution in [0.15, 0.2) is 36.4 Å². The monoisotopic (exact) mass is 452 g/mol. The number of benzene rings is 2. The number of carbonyl (C=O) groups is 4. The van der Waals surface area contributed by atoms with Crippen molar-refractivity contribution in [2.75, 3.05) is 7.11 Å². The fourth-order valence-corrected chi connectivity index (χ4v) is 4.58. The fourth-order valence-electron chi connectivity index (χ4n) is 4.58. The molecule has 0 aromatic heterocycles. The van der Waals surface area contributed by atoms with Gasteiger partial charge in [-0.2, -0.15) is 0 Å². The summed E-state index contributed by atoms with van der Waals surface area (Å²) in [6.07, 6.45) is -2.58. The lowest BCUT2D eigenvalue weighted by Crippen LogP contribution is -2.48. The molecule has 1 aliphatic carbocycles. The van der Waals surface area contributed by atoms with Crippen molar-refractivity contribution in [2.24, 2.45) is 0 Å². The zero-order chi connectivity index (χ0) is 23.9. The van der Waals surface area contributed by atoms with E-state index in [4.69, 9.17) is 18.9 Å². The van der Waals surface area contributed by atoms with E-state index >= 15 is 0 Å². The number of hydrogen-bond donors (Lipinski definition) is 0. The summed E-state index contributed by atoms with van der Waals surface area (Å²) in [5.74, 6) is -1.35. The van der Waals surface area contributed by atoms with Crippen LogP contribution in [0.25, 0.3) is 0 Å². The highest BCUT2D eigenvalue weighted by molar-refractivity contribution is 6.29. The zero-order valence-electron chi connectivity index (χ0n) is 18.7. The standard InChI is InChI=1S/C25H24O8/c1-12-24(33-14(3)27)20(32-13(2)26)11-19(31-12)17-9-10-18-21(25(17)30-4)23(29)16-8-6-5-7-15(16)22(18)28/h5-10,12,19-20,24H,11H2,1-4H3/t12-,19-,20-,24-/m0/s1. The van der Waals surface area contributed by atoms with Crippen molar-refractivity contribution in [3.05, 3.63) is 64.2 Å². The Morgan fingerprint density at radius 1 is 0.909 bits per heavy atom. The van der Waals surface area contributed by atoms with Gasteiger partial charge in [0.15, 0.2) is 17.7 Å². The van der Waals surface area contributed by atoms with Gasteiger partial charge in [0.1, 0.15) is 11.9 Å². The maximum absolute atomic E-state index is 13.3. The molecule has 8 nitrogen and oxygen atoms in total. The highest BCUT2D eigenvalue weighted by Gasteiger charge is 2.43. The minimum atomic E-state index is -0.777. The number of fused-ring (bicyclic) bond motifs is 2. The topological polar surface area (TPSA) is 105 Å². The molecule has 1 saturated heterocycles. The van der Waals surface area contributed by atoms with Crippen LogP contribution >= 0.6 is 0 Å². The van der Waals surface area contributed by atoms with Crippen molar-refractivity contribution < 1.29 is 38.1 Å². The molecule has 0 radical (unpaired) electrons. The van der Waals surface area contributed by atoms with E-state index in [0.717, 1.165) is 0 Å².